The fourth-order valence-electron chi connectivity index (χ4n) is 3.76. The number of anilines is 1. The number of benzene rings is 1. The van der Waals surface area contributed by atoms with E-state index in [-0.39, 0.29) is 5.91 Å². The van der Waals surface area contributed by atoms with Gasteiger partial charge in [0.25, 0.3) is 0 Å². The van der Waals surface area contributed by atoms with E-state index >= 15 is 0 Å². The van der Waals surface area contributed by atoms with Crippen molar-refractivity contribution in [2.24, 2.45) is 16.7 Å². The molecule has 2 atom stereocenters. The summed E-state index contributed by atoms with van der Waals surface area (Å²) in [6.45, 7) is 5.62. The van der Waals surface area contributed by atoms with Gasteiger partial charge in [0.2, 0.25) is 5.91 Å². The molecule has 0 spiro atoms. The summed E-state index contributed by atoms with van der Waals surface area (Å²) in [5, 5.41) is 13.4. The minimum absolute atomic E-state index is 0.125. The second-order valence-electron chi connectivity index (χ2n) is 7.35. The fraction of sp³-hybridized carbons (Fsp3) is 0.421. The highest BCUT2D eigenvalue weighted by Crippen LogP contribution is 2.56. The molecule has 1 fully saturated rings. The SMILES string of the molecule is CC1(C(=O)Nc2ccc3ncccc3c2)CCC(C(=O)O)C1(C)C. The number of aliphatic carboxylic acids is 1. The molecule has 1 aromatic carbocycles. The molecule has 2 N–H and O–H groups in total. The smallest absolute Gasteiger partial charge is 0.307 e. The average Bonchev–Trinajstić information content (AvgIpc) is 2.78. The van der Waals surface area contributed by atoms with Crippen LogP contribution in [0.5, 0.6) is 0 Å². The maximum Gasteiger partial charge on any atom is 0.307 e. The summed E-state index contributed by atoms with van der Waals surface area (Å²) in [7, 11) is 0. The largest absolute Gasteiger partial charge is 0.481 e. The van der Waals surface area contributed by atoms with Crippen LogP contribution >= 0.6 is 0 Å². The van der Waals surface area contributed by atoms with E-state index in [4.69, 9.17) is 0 Å². The first-order valence-electron chi connectivity index (χ1n) is 8.15. The highest BCUT2D eigenvalue weighted by atomic mass is 16.4. The molecule has 1 saturated carbocycles. The van der Waals surface area contributed by atoms with Gasteiger partial charge in [0.05, 0.1) is 16.8 Å². The number of hydrogen-bond donors (Lipinski definition) is 2. The zero-order chi connectivity index (χ0) is 17.5. The van der Waals surface area contributed by atoms with Crippen molar-refractivity contribution in [3.8, 4) is 0 Å². The summed E-state index contributed by atoms with van der Waals surface area (Å²) in [5.41, 5.74) is 0.242. The van der Waals surface area contributed by atoms with Crippen molar-refractivity contribution in [2.75, 3.05) is 5.32 Å². The van der Waals surface area contributed by atoms with E-state index < -0.39 is 22.7 Å². The third kappa shape index (κ3) is 2.44. The summed E-state index contributed by atoms with van der Waals surface area (Å²) >= 11 is 0. The monoisotopic (exact) mass is 326 g/mol. The van der Waals surface area contributed by atoms with Gasteiger partial charge in [-0.3, -0.25) is 14.6 Å². The Morgan fingerprint density at radius 3 is 2.67 bits per heavy atom. The van der Waals surface area contributed by atoms with Crippen LogP contribution in [0.2, 0.25) is 0 Å². The van der Waals surface area contributed by atoms with Crippen LogP contribution in [0.4, 0.5) is 5.69 Å². The van der Waals surface area contributed by atoms with Gasteiger partial charge in [0.1, 0.15) is 0 Å². The van der Waals surface area contributed by atoms with Gasteiger partial charge in [0.15, 0.2) is 0 Å². The summed E-state index contributed by atoms with van der Waals surface area (Å²) in [4.78, 5) is 28.7. The topological polar surface area (TPSA) is 79.3 Å². The number of carboxylic acids is 1. The first-order valence-corrected chi connectivity index (χ1v) is 8.15. The number of aromatic nitrogens is 1. The predicted molar refractivity (Wildman–Crippen MR) is 92.6 cm³/mol. The Labute approximate surface area is 141 Å². The molecule has 3 rings (SSSR count). The molecule has 1 amide bonds. The van der Waals surface area contributed by atoms with E-state index in [9.17, 15) is 14.7 Å². The minimum Gasteiger partial charge on any atom is -0.481 e. The Kier molecular flexibility index (Phi) is 3.82. The average molecular weight is 326 g/mol. The van der Waals surface area contributed by atoms with E-state index in [2.05, 4.69) is 10.3 Å². The van der Waals surface area contributed by atoms with Crippen molar-refractivity contribution in [1.29, 1.82) is 0 Å². The number of carboxylic acid groups (broad SMARTS) is 1. The molecule has 0 bridgehead atoms. The number of fused-ring (bicyclic) bond motifs is 1. The van der Waals surface area contributed by atoms with Gasteiger partial charge in [-0.25, -0.2) is 0 Å². The van der Waals surface area contributed by atoms with Gasteiger partial charge >= 0.3 is 5.97 Å². The molecule has 0 saturated heterocycles. The molecule has 1 aromatic heterocycles. The van der Waals surface area contributed by atoms with Gasteiger partial charge in [-0.15, -0.1) is 0 Å². The van der Waals surface area contributed by atoms with Crippen LogP contribution in [0.25, 0.3) is 10.9 Å². The highest BCUT2D eigenvalue weighted by molar-refractivity contribution is 5.98. The van der Waals surface area contributed by atoms with E-state index in [0.717, 1.165) is 10.9 Å². The number of pyridine rings is 1. The van der Waals surface area contributed by atoms with Gasteiger partial charge in [-0.1, -0.05) is 26.8 Å². The maximum absolute atomic E-state index is 12.9. The number of carbonyl (C=O) groups is 2. The Morgan fingerprint density at radius 1 is 1.25 bits per heavy atom. The summed E-state index contributed by atoms with van der Waals surface area (Å²) in [6, 6.07) is 9.38. The van der Waals surface area contributed by atoms with Crippen LogP contribution in [-0.2, 0) is 9.59 Å². The van der Waals surface area contributed by atoms with E-state index in [1.54, 1.807) is 6.20 Å². The van der Waals surface area contributed by atoms with E-state index in [1.165, 1.54) is 0 Å². The molecule has 24 heavy (non-hydrogen) atoms. The maximum atomic E-state index is 12.9. The van der Waals surface area contributed by atoms with Gasteiger partial charge in [0, 0.05) is 17.3 Å². The first kappa shape index (κ1) is 16.4. The summed E-state index contributed by atoms with van der Waals surface area (Å²) < 4.78 is 0. The Morgan fingerprint density at radius 2 is 2.00 bits per heavy atom. The van der Waals surface area contributed by atoms with Gasteiger partial charge in [-0.05, 0) is 42.5 Å². The van der Waals surface area contributed by atoms with Gasteiger partial charge < -0.3 is 10.4 Å². The van der Waals surface area contributed by atoms with Crippen molar-refractivity contribution in [3.63, 3.8) is 0 Å². The van der Waals surface area contributed by atoms with Gasteiger partial charge in [-0.2, -0.15) is 0 Å². The summed E-state index contributed by atoms with van der Waals surface area (Å²) in [6.07, 6.45) is 2.82. The molecule has 5 heteroatoms. The molecular formula is C19H22N2O3. The van der Waals surface area contributed by atoms with Crippen LogP contribution in [-0.4, -0.2) is 22.0 Å². The van der Waals surface area contributed by atoms with Crippen LogP contribution in [0.1, 0.15) is 33.6 Å². The lowest BCUT2D eigenvalue weighted by Crippen LogP contribution is -2.45. The second-order valence-corrected chi connectivity index (χ2v) is 7.35. The Hall–Kier alpha value is -2.43. The van der Waals surface area contributed by atoms with Crippen molar-refractivity contribution in [1.82, 2.24) is 4.98 Å². The lowest BCUT2D eigenvalue weighted by molar-refractivity contribution is -0.147. The zero-order valence-electron chi connectivity index (χ0n) is 14.2. The summed E-state index contributed by atoms with van der Waals surface area (Å²) in [5.74, 6) is -1.46. The zero-order valence-corrected chi connectivity index (χ0v) is 14.2. The van der Waals surface area contributed by atoms with Crippen molar-refractivity contribution >= 4 is 28.5 Å². The molecule has 1 aliphatic rings. The molecule has 5 nitrogen and oxygen atoms in total. The molecule has 1 aliphatic carbocycles. The number of nitrogens with zero attached hydrogens (tertiary/aromatic N) is 1. The third-order valence-corrected chi connectivity index (χ3v) is 5.89. The van der Waals surface area contributed by atoms with Crippen molar-refractivity contribution in [2.45, 2.75) is 33.6 Å². The lowest BCUT2D eigenvalue weighted by atomic mass is 9.65. The number of nitrogens with one attached hydrogen (secondary N) is 1. The molecule has 2 aromatic rings. The number of amides is 1. The highest BCUT2D eigenvalue weighted by Gasteiger charge is 2.58. The molecule has 0 radical (unpaired) electrons. The standard InChI is InChI=1S/C19H22N2O3/c1-18(2)14(16(22)23)8-9-19(18,3)17(24)21-13-6-7-15-12(11-13)5-4-10-20-15/h4-7,10-11,14H,8-9H2,1-3H3,(H,21,24)(H,22,23). The van der Waals surface area contributed by atoms with Crippen LogP contribution in [0.15, 0.2) is 36.5 Å². The molecule has 126 valence electrons. The molecule has 2 unspecified atom stereocenters. The normalized spacial score (nSPS) is 25.5. The molecule has 1 heterocycles. The molecule has 0 aliphatic heterocycles. The van der Waals surface area contributed by atoms with E-state index in [1.807, 2.05) is 51.1 Å². The quantitative estimate of drug-likeness (QED) is 0.901. The van der Waals surface area contributed by atoms with Crippen LogP contribution in [0.3, 0.4) is 0 Å². The lowest BCUT2D eigenvalue weighted by Gasteiger charge is -2.39. The van der Waals surface area contributed by atoms with E-state index in [0.29, 0.717) is 18.5 Å². The number of hydrogen-bond acceptors (Lipinski definition) is 3. The van der Waals surface area contributed by atoms with Crippen LogP contribution in [0, 0.1) is 16.7 Å². The van der Waals surface area contributed by atoms with Crippen molar-refractivity contribution in [3.05, 3.63) is 36.5 Å². The number of rotatable bonds is 3. The predicted octanol–water partition coefficient (Wildman–Crippen LogP) is 3.70. The Balaban J connectivity index is 1.87. The Bertz CT molecular complexity index is 815. The second kappa shape index (κ2) is 5.58. The van der Waals surface area contributed by atoms with Crippen LogP contribution < -0.4 is 5.32 Å². The van der Waals surface area contributed by atoms with Crippen molar-refractivity contribution < 1.29 is 14.7 Å². The minimum atomic E-state index is -0.826. The number of carbonyl (C=O) groups excluding carboxylic acids is 1. The first-order chi connectivity index (χ1) is 11.3. The molecular weight excluding hydrogens is 304 g/mol. The fourth-order valence-corrected chi connectivity index (χ4v) is 3.76. The third-order valence-electron chi connectivity index (χ3n) is 5.89.